The summed E-state index contributed by atoms with van der Waals surface area (Å²) >= 11 is 6.10. The highest BCUT2D eigenvalue weighted by atomic mass is 35.5. The highest BCUT2D eigenvalue weighted by Gasteiger charge is 2.16. The summed E-state index contributed by atoms with van der Waals surface area (Å²) in [5, 5.41) is 0.503. The van der Waals surface area contributed by atoms with Crippen molar-refractivity contribution >= 4 is 11.6 Å². The smallest absolute Gasteiger partial charge is 0.261 e. The molecule has 18 heavy (non-hydrogen) atoms. The molecule has 1 aliphatic rings. The fraction of sp³-hybridized carbons (Fsp3) is 0.667. The van der Waals surface area contributed by atoms with Gasteiger partial charge in [0.15, 0.2) is 0 Å². The van der Waals surface area contributed by atoms with E-state index in [1.807, 2.05) is 0 Å². The van der Waals surface area contributed by atoms with Gasteiger partial charge in [-0.25, -0.2) is 18.7 Å². The fourth-order valence-electron chi connectivity index (χ4n) is 2.04. The predicted molar refractivity (Wildman–Crippen MR) is 64.2 cm³/mol. The molecule has 0 spiro atoms. The van der Waals surface area contributed by atoms with Crippen molar-refractivity contribution in [2.75, 3.05) is 13.2 Å². The summed E-state index contributed by atoms with van der Waals surface area (Å²) in [5.41, 5.74) is 2.05. The van der Waals surface area contributed by atoms with Crippen LogP contribution in [0, 0.1) is 0 Å². The summed E-state index contributed by atoms with van der Waals surface area (Å²) in [5.74, 6) is 0.579. The molecule has 3 nitrogen and oxygen atoms in total. The number of alkyl halides is 2. The molecule has 100 valence electrons. The van der Waals surface area contributed by atoms with E-state index in [0.717, 1.165) is 36.9 Å². The Morgan fingerprint density at radius 1 is 1.22 bits per heavy atom. The van der Waals surface area contributed by atoms with Crippen LogP contribution in [0.4, 0.5) is 8.78 Å². The molecule has 1 aromatic rings. The molecule has 0 N–H and O–H groups in total. The van der Waals surface area contributed by atoms with Crippen LogP contribution in [-0.2, 0) is 24.0 Å². The first kappa shape index (κ1) is 13.6. The molecule has 0 saturated heterocycles. The molecule has 2 rings (SSSR count). The third-order valence-corrected chi connectivity index (χ3v) is 3.21. The second kappa shape index (κ2) is 6.38. The van der Waals surface area contributed by atoms with Gasteiger partial charge >= 0.3 is 0 Å². The lowest BCUT2D eigenvalue weighted by Gasteiger charge is -2.16. The van der Waals surface area contributed by atoms with E-state index >= 15 is 0 Å². The van der Waals surface area contributed by atoms with Gasteiger partial charge in [-0.1, -0.05) is 11.6 Å². The maximum absolute atomic E-state index is 11.9. The molecular weight excluding hydrogens is 262 g/mol. The number of ether oxygens (including phenoxy) is 1. The fourth-order valence-corrected chi connectivity index (χ4v) is 2.35. The summed E-state index contributed by atoms with van der Waals surface area (Å²) in [6.45, 7) is -0.349. The Balaban J connectivity index is 1.95. The number of rotatable bonds is 5. The molecule has 0 fully saturated rings. The van der Waals surface area contributed by atoms with Crippen molar-refractivity contribution in [3.05, 3.63) is 22.2 Å². The van der Waals surface area contributed by atoms with Crippen LogP contribution in [-0.4, -0.2) is 29.6 Å². The van der Waals surface area contributed by atoms with E-state index in [-0.39, 0.29) is 6.61 Å². The lowest BCUT2D eigenvalue weighted by atomic mass is 9.97. The molecule has 0 radical (unpaired) electrons. The number of aromatic nitrogens is 2. The molecule has 0 unspecified atom stereocenters. The lowest BCUT2D eigenvalue weighted by Crippen LogP contribution is -2.13. The molecule has 1 aliphatic carbocycles. The van der Waals surface area contributed by atoms with Gasteiger partial charge in [0.05, 0.1) is 6.61 Å². The second-order valence-corrected chi connectivity index (χ2v) is 4.64. The Morgan fingerprint density at radius 2 is 2.00 bits per heavy atom. The number of hydrogen-bond acceptors (Lipinski definition) is 3. The minimum atomic E-state index is -2.43. The van der Waals surface area contributed by atoms with Crippen molar-refractivity contribution in [2.45, 2.75) is 38.5 Å². The van der Waals surface area contributed by atoms with Crippen molar-refractivity contribution in [1.29, 1.82) is 0 Å². The van der Waals surface area contributed by atoms with Crippen LogP contribution in [0.2, 0.25) is 5.15 Å². The molecule has 0 bridgehead atoms. The van der Waals surface area contributed by atoms with E-state index in [1.165, 1.54) is 0 Å². The van der Waals surface area contributed by atoms with Gasteiger partial charge in [-0.15, -0.1) is 0 Å². The van der Waals surface area contributed by atoms with Crippen LogP contribution in [0.5, 0.6) is 0 Å². The third kappa shape index (κ3) is 3.59. The summed E-state index contributed by atoms with van der Waals surface area (Å²) in [4.78, 5) is 8.62. The Kier molecular flexibility index (Phi) is 4.83. The normalized spacial score (nSPS) is 14.9. The van der Waals surface area contributed by atoms with E-state index in [1.54, 1.807) is 0 Å². The third-order valence-electron chi connectivity index (χ3n) is 2.89. The molecule has 1 heterocycles. The first-order valence-corrected chi connectivity index (χ1v) is 6.44. The molecule has 0 saturated carbocycles. The first-order chi connectivity index (χ1) is 8.66. The number of halogens is 3. The van der Waals surface area contributed by atoms with E-state index < -0.39 is 13.0 Å². The van der Waals surface area contributed by atoms with Crippen molar-refractivity contribution in [3.8, 4) is 0 Å². The van der Waals surface area contributed by atoms with Crippen LogP contribution in [0.1, 0.15) is 29.9 Å². The summed E-state index contributed by atoms with van der Waals surface area (Å²) in [6.07, 6.45) is 2.06. The van der Waals surface area contributed by atoms with Crippen LogP contribution < -0.4 is 0 Å². The van der Waals surface area contributed by atoms with Gasteiger partial charge in [0.1, 0.15) is 17.6 Å². The predicted octanol–water partition coefficient (Wildman–Crippen LogP) is 2.83. The van der Waals surface area contributed by atoms with Gasteiger partial charge in [-0.3, -0.25) is 0 Å². The van der Waals surface area contributed by atoms with Crippen LogP contribution in [0.25, 0.3) is 0 Å². The highest BCUT2D eigenvalue weighted by molar-refractivity contribution is 6.30. The van der Waals surface area contributed by atoms with Crippen molar-refractivity contribution < 1.29 is 13.5 Å². The Morgan fingerprint density at radius 3 is 2.78 bits per heavy atom. The molecule has 0 aliphatic heterocycles. The standard InChI is InChI=1S/C12H15ClF2N2O/c13-12-8-3-1-2-4-9(8)16-11(17-12)5-6-18-7-10(14)15/h10H,1-7H2. The summed E-state index contributed by atoms with van der Waals surface area (Å²) in [7, 11) is 0. The molecular formula is C12H15ClF2N2O. The Bertz CT molecular complexity index is 415. The van der Waals surface area contributed by atoms with Crippen LogP contribution in [0.3, 0.4) is 0 Å². The molecule has 6 heteroatoms. The van der Waals surface area contributed by atoms with Crippen molar-refractivity contribution in [1.82, 2.24) is 9.97 Å². The second-order valence-electron chi connectivity index (χ2n) is 4.28. The summed E-state index contributed by atoms with van der Waals surface area (Å²) < 4.78 is 28.6. The van der Waals surface area contributed by atoms with Gasteiger partial charge in [0, 0.05) is 17.7 Å². The zero-order chi connectivity index (χ0) is 13.0. The SMILES string of the molecule is FC(F)COCCc1nc(Cl)c2c(n1)CCCC2. The lowest BCUT2D eigenvalue weighted by molar-refractivity contribution is 0.0182. The minimum absolute atomic E-state index is 0.194. The molecule has 1 aromatic heterocycles. The monoisotopic (exact) mass is 276 g/mol. The van der Waals surface area contributed by atoms with Crippen LogP contribution >= 0.6 is 11.6 Å². The number of hydrogen-bond donors (Lipinski definition) is 0. The largest absolute Gasteiger partial charge is 0.375 e. The number of aryl methyl sites for hydroxylation is 1. The van der Waals surface area contributed by atoms with Gasteiger partial charge in [0.25, 0.3) is 6.43 Å². The zero-order valence-electron chi connectivity index (χ0n) is 9.96. The molecule has 0 aromatic carbocycles. The number of fused-ring (bicyclic) bond motifs is 1. The van der Waals surface area contributed by atoms with Gasteiger partial charge in [-0.05, 0) is 25.7 Å². The highest BCUT2D eigenvalue weighted by Crippen LogP contribution is 2.25. The average Bonchev–Trinajstić information content (AvgIpc) is 2.35. The van der Waals surface area contributed by atoms with Gasteiger partial charge < -0.3 is 4.74 Å². The van der Waals surface area contributed by atoms with Gasteiger partial charge in [-0.2, -0.15) is 0 Å². The zero-order valence-corrected chi connectivity index (χ0v) is 10.7. The Labute approximate surface area is 110 Å². The van der Waals surface area contributed by atoms with Crippen molar-refractivity contribution in [2.24, 2.45) is 0 Å². The minimum Gasteiger partial charge on any atom is -0.375 e. The quantitative estimate of drug-likeness (QED) is 0.613. The van der Waals surface area contributed by atoms with E-state index in [4.69, 9.17) is 16.3 Å². The number of nitrogens with zero attached hydrogens (tertiary/aromatic N) is 2. The molecule has 0 atom stereocenters. The Hall–Kier alpha value is -0.810. The summed E-state index contributed by atoms with van der Waals surface area (Å²) in [6, 6.07) is 0. The van der Waals surface area contributed by atoms with Crippen molar-refractivity contribution in [3.63, 3.8) is 0 Å². The maximum Gasteiger partial charge on any atom is 0.261 e. The van der Waals surface area contributed by atoms with E-state index in [2.05, 4.69) is 9.97 Å². The van der Waals surface area contributed by atoms with Crippen LogP contribution in [0.15, 0.2) is 0 Å². The first-order valence-electron chi connectivity index (χ1n) is 6.07. The topological polar surface area (TPSA) is 35.0 Å². The molecule has 0 amide bonds. The average molecular weight is 277 g/mol. The van der Waals surface area contributed by atoms with E-state index in [0.29, 0.717) is 17.4 Å². The van der Waals surface area contributed by atoms with E-state index in [9.17, 15) is 8.78 Å². The van der Waals surface area contributed by atoms with Gasteiger partial charge in [0.2, 0.25) is 0 Å². The maximum atomic E-state index is 11.9.